The Hall–Kier alpha value is -2.75. The predicted octanol–water partition coefficient (Wildman–Crippen LogP) is 4.35. The van der Waals surface area contributed by atoms with E-state index in [-0.39, 0.29) is 5.92 Å². The van der Waals surface area contributed by atoms with Gasteiger partial charge < -0.3 is 14.6 Å². The third kappa shape index (κ3) is 2.57. The summed E-state index contributed by atoms with van der Waals surface area (Å²) in [5, 5.41) is 9.35. The number of para-hydroxylation sites is 1. The molecular weight excluding hydrogens is 292 g/mol. The summed E-state index contributed by atoms with van der Waals surface area (Å²) < 4.78 is 11.3. The molecule has 0 amide bonds. The first-order valence-electron chi connectivity index (χ1n) is 7.38. The quantitative estimate of drug-likeness (QED) is 0.856. The first-order valence-corrected chi connectivity index (χ1v) is 7.38. The van der Waals surface area contributed by atoms with Gasteiger partial charge >= 0.3 is 5.97 Å². The Morgan fingerprint density at radius 1 is 1.09 bits per heavy atom. The molecule has 0 fully saturated rings. The average molecular weight is 310 g/mol. The number of carbonyl (C=O) groups is 1. The van der Waals surface area contributed by atoms with Crippen molar-refractivity contribution in [2.75, 3.05) is 7.11 Å². The van der Waals surface area contributed by atoms with E-state index < -0.39 is 5.97 Å². The van der Waals surface area contributed by atoms with Gasteiger partial charge in [0.1, 0.15) is 17.2 Å². The molecule has 0 spiro atoms. The van der Waals surface area contributed by atoms with Crippen molar-refractivity contribution in [1.82, 2.24) is 0 Å². The van der Waals surface area contributed by atoms with Crippen molar-refractivity contribution in [1.29, 1.82) is 0 Å². The van der Waals surface area contributed by atoms with E-state index in [1.807, 2.05) is 49.4 Å². The Kier molecular flexibility index (Phi) is 3.82. The zero-order chi connectivity index (χ0) is 16.6. The van der Waals surface area contributed by atoms with Gasteiger partial charge in [0.25, 0.3) is 0 Å². The van der Waals surface area contributed by atoms with Crippen molar-refractivity contribution < 1.29 is 19.4 Å². The molecular formula is C19H18O4. The summed E-state index contributed by atoms with van der Waals surface area (Å²) in [6, 6.07) is 13.4. The molecule has 23 heavy (non-hydrogen) atoms. The van der Waals surface area contributed by atoms with Gasteiger partial charge in [0.2, 0.25) is 0 Å². The minimum atomic E-state index is -0.901. The van der Waals surface area contributed by atoms with Gasteiger partial charge in [-0.05, 0) is 26.0 Å². The van der Waals surface area contributed by atoms with E-state index in [0.717, 1.165) is 22.4 Å². The van der Waals surface area contributed by atoms with Gasteiger partial charge in [0.05, 0.1) is 7.11 Å². The first kappa shape index (κ1) is 15.2. The number of rotatable bonds is 3. The summed E-state index contributed by atoms with van der Waals surface area (Å²) in [4.78, 5) is 11.4. The van der Waals surface area contributed by atoms with Gasteiger partial charge in [-0.2, -0.15) is 0 Å². The monoisotopic (exact) mass is 310 g/mol. The number of benzene rings is 2. The van der Waals surface area contributed by atoms with Crippen LogP contribution >= 0.6 is 0 Å². The summed E-state index contributed by atoms with van der Waals surface area (Å²) in [6.07, 6.45) is 0. The second kappa shape index (κ2) is 5.80. The standard InChI is InChI=1S/C19H18O4/c1-11(12(2)19(20)21)18-14-6-4-5-7-16(14)23-17-10-13(22-3)8-9-15(17)18/h4-10,18H,1-3H3,(H,20,21). The highest BCUT2D eigenvalue weighted by Crippen LogP contribution is 2.48. The van der Waals surface area contributed by atoms with Crippen LogP contribution < -0.4 is 9.47 Å². The summed E-state index contributed by atoms with van der Waals surface area (Å²) in [7, 11) is 1.61. The number of carboxylic acids is 1. The highest BCUT2D eigenvalue weighted by atomic mass is 16.5. The van der Waals surface area contributed by atoms with Crippen LogP contribution in [0.5, 0.6) is 17.2 Å². The van der Waals surface area contributed by atoms with Gasteiger partial charge in [0, 0.05) is 28.7 Å². The van der Waals surface area contributed by atoms with Gasteiger partial charge in [0.15, 0.2) is 0 Å². The number of aliphatic carboxylic acids is 1. The highest BCUT2D eigenvalue weighted by molar-refractivity contribution is 5.87. The van der Waals surface area contributed by atoms with E-state index in [1.165, 1.54) is 0 Å². The van der Waals surface area contributed by atoms with Gasteiger partial charge in [-0.15, -0.1) is 0 Å². The molecule has 1 aliphatic heterocycles. The molecule has 4 heteroatoms. The van der Waals surface area contributed by atoms with Crippen LogP contribution in [0.1, 0.15) is 30.9 Å². The molecule has 4 nitrogen and oxygen atoms in total. The molecule has 1 unspecified atom stereocenters. The van der Waals surface area contributed by atoms with Crippen LogP contribution in [-0.2, 0) is 4.79 Å². The number of fused-ring (bicyclic) bond motifs is 2. The minimum absolute atomic E-state index is 0.142. The molecule has 1 aliphatic rings. The van der Waals surface area contributed by atoms with Gasteiger partial charge in [-0.3, -0.25) is 0 Å². The van der Waals surface area contributed by atoms with E-state index in [1.54, 1.807) is 14.0 Å². The third-order valence-electron chi connectivity index (χ3n) is 4.33. The number of methoxy groups -OCH3 is 1. The maximum absolute atomic E-state index is 11.4. The molecule has 2 aromatic rings. The maximum atomic E-state index is 11.4. The molecule has 0 saturated carbocycles. The Labute approximate surface area is 135 Å². The van der Waals surface area contributed by atoms with Crippen LogP contribution in [0, 0.1) is 0 Å². The smallest absolute Gasteiger partial charge is 0.331 e. The number of ether oxygens (including phenoxy) is 2. The van der Waals surface area contributed by atoms with E-state index in [9.17, 15) is 9.90 Å². The first-order chi connectivity index (χ1) is 11.0. The van der Waals surface area contributed by atoms with Crippen molar-refractivity contribution in [3.8, 4) is 17.2 Å². The maximum Gasteiger partial charge on any atom is 0.331 e. The zero-order valence-electron chi connectivity index (χ0n) is 13.3. The van der Waals surface area contributed by atoms with E-state index >= 15 is 0 Å². The van der Waals surface area contributed by atoms with Crippen LogP contribution in [0.2, 0.25) is 0 Å². The molecule has 0 aliphatic carbocycles. The second-order valence-electron chi connectivity index (χ2n) is 5.59. The van der Waals surface area contributed by atoms with Crippen LogP contribution in [0.3, 0.4) is 0 Å². The van der Waals surface area contributed by atoms with Crippen molar-refractivity contribution >= 4 is 5.97 Å². The Bertz CT molecular complexity index is 805. The highest BCUT2D eigenvalue weighted by Gasteiger charge is 2.30. The summed E-state index contributed by atoms with van der Waals surface area (Å²) >= 11 is 0. The van der Waals surface area contributed by atoms with Gasteiger partial charge in [-0.1, -0.05) is 29.8 Å². The van der Waals surface area contributed by atoms with Crippen LogP contribution in [-0.4, -0.2) is 18.2 Å². The van der Waals surface area contributed by atoms with Crippen LogP contribution in [0.4, 0.5) is 0 Å². The largest absolute Gasteiger partial charge is 0.497 e. The van der Waals surface area contributed by atoms with Crippen molar-refractivity contribution in [2.45, 2.75) is 19.8 Å². The van der Waals surface area contributed by atoms with Crippen molar-refractivity contribution in [2.24, 2.45) is 0 Å². The fourth-order valence-corrected chi connectivity index (χ4v) is 2.92. The van der Waals surface area contributed by atoms with E-state index in [0.29, 0.717) is 17.1 Å². The average Bonchev–Trinajstić information content (AvgIpc) is 2.57. The molecule has 0 bridgehead atoms. The van der Waals surface area contributed by atoms with E-state index in [4.69, 9.17) is 9.47 Å². The van der Waals surface area contributed by atoms with Crippen LogP contribution in [0.25, 0.3) is 0 Å². The molecule has 0 saturated heterocycles. The Morgan fingerprint density at radius 3 is 2.48 bits per heavy atom. The van der Waals surface area contributed by atoms with Crippen LogP contribution in [0.15, 0.2) is 53.6 Å². The van der Waals surface area contributed by atoms with Crippen molar-refractivity contribution in [3.63, 3.8) is 0 Å². The molecule has 118 valence electrons. The molecule has 3 rings (SSSR count). The lowest BCUT2D eigenvalue weighted by molar-refractivity contribution is -0.132. The Morgan fingerprint density at radius 2 is 1.78 bits per heavy atom. The predicted molar refractivity (Wildman–Crippen MR) is 87.4 cm³/mol. The zero-order valence-corrected chi connectivity index (χ0v) is 13.3. The second-order valence-corrected chi connectivity index (χ2v) is 5.59. The topological polar surface area (TPSA) is 55.8 Å². The fraction of sp³-hybridized carbons (Fsp3) is 0.211. The summed E-state index contributed by atoms with van der Waals surface area (Å²) in [5.74, 6) is 1.11. The number of carboxylic acid groups (broad SMARTS) is 1. The molecule has 2 aromatic carbocycles. The molecule has 0 radical (unpaired) electrons. The normalized spacial score (nSPS) is 16.6. The van der Waals surface area contributed by atoms with Crippen molar-refractivity contribution in [3.05, 3.63) is 64.7 Å². The van der Waals surface area contributed by atoms with E-state index in [2.05, 4.69) is 0 Å². The third-order valence-corrected chi connectivity index (χ3v) is 4.33. The lowest BCUT2D eigenvalue weighted by Gasteiger charge is -2.29. The Balaban J connectivity index is 2.23. The molecule has 1 N–H and O–H groups in total. The molecule has 1 atom stereocenters. The van der Waals surface area contributed by atoms with Gasteiger partial charge in [-0.25, -0.2) is 4.79 Å². The number of allylic oxidation sites excluding steroid dienone is 1. The fourth-order valence-electron chi connectivity index (χ4n) is 2.92. The number of hydrogen-bond donors (Lipinski definition) is 1. The molecule has 1 heterocycles. The minimum Gasteiger partial charge on any atom is -0.497 e. The number of hydrogen-bond acceptors (Lipinski definition) is 3. The molecule has 0 aromatic heterocycles. The SMILES string of the molecule is COc1ccc2c(c1)Oc1ccccc1C2C(C)=C(C)C(=O)O. The summed E-state index contributed by atoms with van der Waals surface area (Å²) in [6.45, 7) is 3.50. The lowest BCUT2D eigenvalue weighted by Crippen LogP contribution is -2.14. The summed E-state index contributed by atoms with van der Waals surface area (Å²) in [5.41, 5.74) is 3.08. The lowest BCUT2D eigenvalue weighted by atomic mass is 9.81.